The van der Waals surface area contributed by atoms with Crippen LogP contribution >= 0.6 is 0 Å². The lowest BCUT2D eigenvalue weighted by Crippen LogP contribution is -2.39. The van der Waals surface area contributed by atoms with Gasteiger partial charge in [-0.1, -0.05) is 61.4 Å². The van der Waals surface area contributed by atoms with E-state index >= 15 is 0 Å². The third kappa shape index (κ3) is 4.85. The molecule has 3 heteroatoms. The molecule has 0 spiro atoms. The third-order valence-corrected chi connectivity index (χ3v) is 4.17. The third-order valence-electron chi connectivity index (χ3n) is 4.17. The largest absolute Gasteiger partial charge is 0.481 e. The zero-order valence-electron chi connectivity index (χ0n) is 15.0. The average Bonchev–Trinajstić information content (AvgIpc) is 2.59. The Bertz CT molecular complexity index is 647. The number of hydrogen-bond donors (Lipinski definition) is 1. The van der Waals surface area contributed by atoms with Crippen LogP contribution < -0.4 is 10.1 Å². The van der Waals surface area contributed by atoms with E-state index in [4.69, 9.17) is 4.74 Å². The SMILES string of the molecule is CC[C@H](NC(=O)[C@@H](CC)Oc1ccc(C)cc1)c1ccc(C)cc1. The van der Waals surface area contributed by atoms with Crippen LogP contribution in [-0.2, 0) is 4.79 Å². The van der Waals surface area contributed by atoms with Crippen LogP contribution in [0.3, 0.4) is 0 Å². The number of amides is 1. The van der Waals surface area contributed by atoms with Gasteiger partial charge < -0.3 is 10.1 Å². The second-order valence-electron chi connectivity index (χ2n) is 6.21. The second-order valence-corrected chi connectivity index (χ2v) is 6.21. The van der Waals surface area contributed by atoms with Crippen molar-refractivity contribution in [1.82, 2.24) is 5.32 Å². The van der Waals surface area contributed by atoms with Crippen molar-refractivity contribution in [3.8, 4) is 5.75 Å². The molecule has 2 atom stereocenters. The standard InChI is InChI=1S/C21H27NO2/c1-5-19(17-11-7-15(3)8-12-17)22-21(23)20(6-2)24-18-13-9-16(4)10-14-18/h7-14,19-20H,5-6H2,1-4H3,(H,22,23)/t19-,20+/m0/s1. The van der Waals surface area contributed by atoms with E-state index in [-0.39, 0.29) is 11.9 Å². The summed E-state index contributed by atoms with van der Waals surface area (Å²) in [7, 11) is 0. The summed E-state index contributed by atoms with van der Waals surface area (Å²) in [6.07, 6.45) is 0.993. The number of hydrogen-bond acceptors (Lipinski definition) is 2. The van der Waals surface area contributed by atoms with Crippen LogP contribution in [-0.4, -0.2) is 12.0 Å². The summed E-state index contributed by atoms with van der Waals surface area (Å²) in [6, 6.07) is 16.1. The number of aryl methyl sites for hydroxylation is 2. The van der Waals surface area contributed by atoms with Gasteiger partial charge in [-0.25, -0.2) is 0 Å². The average molecular weight is 325 g/mol. The van der Waals surface area contributed by atoms with Gasteiger partial charge in [-0.2, -0.15) is 0 Å². The minimum Gasteiger partial charge on any atom is -0.481 e. The Kier molecular flexibility index (Phi) is 6.42. The van der Waals surface area contributed by atoms with E-state index in [2.05, 4.69) is 43.4 Å². The van der Waals surface area contributed by atoms with Crippen molar-refractivity contribution < 1.29 is 9.53 Å². The molecule has 2 aromatic rings. The topological polar surface area (TPSA) is 38.3 Å². The van der Waals surface area contributed by atoms with Gasteiger partial charge >= 0.3 is 0 Å². The van der Waals surface area contributed by atoms with Crippen LogP contribution in [0, 0.1) is 13.8 Å². The van der Waals surface area contributed by atoms with E-state index in [1.165, 1.54) is 11.1 Å². The predicted molar refractivity (Wildman–Crippen MR) is 98.2 cm³/mol. The Morgan fingerprint density at radius 2 is 1.46 bits per heavy atom. The molecule has 0 radical (unpaired) electrons. The number of ether oxygens (including phenoxy) is 1. The highest BCUT2D eigenvalue weighted by Gasteiger charge is 2.21. The highest BCUT2D eigenvalue weighted by molar-refractivity contribution is 5.81. The first-order valence-corrected chi connectivity index (χ1v) is 8.63. The minimum absolute atomic E-state index is 0.00812. The minimum atomic E-state index is -0.479. The van der Waals surface area contributed by atoms with Crippen LogP contribution in [0.2, 0.25) is 0 Å². The molecule has 3 nitrogen and oxygen atoms in total. The van der Waals surface area contributed by atoms with Crippen molar-refractivity contribution in [3.63, 3.8) is 0 Å². The van der Waals surface area contributed by atoms with Crippen LogP contribution in [0.5, 0.6) is 5.75 Å². The molecular formula is C21H27NO2. The van der Waals surface area contributed by atoms with E-state index in [9.17, 15) is 4.79 Å². The molecule has 1 amide bonds. The quantitative estimate of drug-likeness (QED) is 0.799. The summed E-state index contributed by atoms with van der Waals surface area (Å²) in [4.78, 5) is 12.6. The fourth-order valence-corrected chi connectivity index (χ4v) is 2.59. The molecule has 0 aliphatic rings. The van der Waals surface area contributed by atoms with Gasteiger partial charge in [0.25, 0.3) is 5.91 Å². The fraction of sp³-hybridized carbons (Fsp3) is 0.381. The van der Waals surface area contributed by atoms with Crippen molar-refractivity contribution in [2.24, 2.45) is 0 Å². The molecule has 0 saturated heterocycles. The van der Waals surface area contributed by atoms with E-state index in [0.29, 0.717) is 6.42 Å². The summed E-state index contributed by atoms with van der Waals surface area (Å²) in [5.74, 6) is 0.663. The number of rotatable bonds is 7. The normalized spacial score (nSPS) is 13.2. The van der Waals surface area contributed by atoms with Gasteiger partial charge in [0, 0.05) is 0 Å². The molecule has 0 aliphatic carbocycles. The molecule has 1 N–H and O–H groups in total. The van der Waals surface area contributed by atoms with E-state index < -0.39 is 6.10 Å². The first kappa shape index (κ1) is 18.1. The predicted octanol–water partition coefficient (Wildman–Crippen LogP) is 4.73. The zero-order chi connectivity index (χ0) is 17.5. The molecule has 0 heterocycles. The maximum Gasteiger partial charge on any atom is 0.261 e. The Morgan fingerprint density at radius 3 is 1.96 bits per heavy atom. The molecule has 128 valence electrons. The van der Waals surface area contributed by atoms with Crippen LogP contribution in [0.25, 0.3) is 0 Å². The Morgan fingerprint density at radius 1 is 0.917 bits per heavy atom. The van der Waals surface area contributed by atoms with Crippen LogP contribution in [0.15, 0.2) is 48.5 Å². The molecule has 24 heavy (non-hydrogen) atoms. The van der Waals surface area contributed by atoms with E-state index in [0.717, 1.165) is 17.7 Å². The monoisotopic (exact) mass is 325 g/mol. The number of carbonyl (C=O) groups excluding carboxylic acids is 1. The molecule has 0 bridgehead atoms. The lowest BCUT2D eigenvalue weighted by Gasteiger charge is -2.22. The molecule has 2 aromatic carbocycles. The molecule has 0 fully saturated rings. The molecule has 2 rings (SSSR count). The van der Waals surface area contributed by atoms with Crippen molar-refractivity contribution >= 4 is 5.91 Å². The van der Waals surface area contributed by atoms with Gasteiger partial charge in [0.2, 0.25) is 0 Å². The molecule has 0 aromatic heterocycles. The summed E-state index contributed by atoms with van der Waals surface area (Å²) in [6.45, 7) is 8.13. The number of nitrogens with one attached hydrogen (secondary N) is 1. The highest BCUT2D eigenvalue weighted by Crippen LogP contribution is 2.19. The Labute approximate surface area is 145 Å². The first-order chi connectivity index (χ1) is 11.5. The smallest absolute Gasteiger partial charge is 0.261 e. The zero-order valence-corrected chi connectivity index (χ0v) is 15.0. The maximum atomic E-state index is 12.6. The van der Waals surface area contributed by atoms with Crippen molar-refractivity contribution in [2.45, 2.75) is 52.7 Å². The lowest BCUT2D eigenvalue weighted by molar-refractivity contribution is -0.128. The van der Waals surface area contributed by atoms with E-state index in [1.54, 1.807) is 0 Å². The molecule has 0 aliphatic heterocycles. The van der Waals surface area contributed by atoms with Crippen LogP contribution in [0.4, 0.5) is 0 Å². The van der Waals surface area contributed by atoms with Gasteiger partial charge in [-0.15, -0.1) is 0 Å². The fourth-order valence-electron chi connectivity index (χ4n) is 2.59. The summed E-state index contributed by atoms with van der Waals surface area (Å²) in [5, 5.41) is 3.12. The number of carbonyl (C=O) groups is 1. The van der Waals surface area contributed by atoms with Gasteiger partial charge in [0.15, 0.2) is 6.10 Å². The lowest BCUT2D eigenvalue weighted by atomic mass is 10.0. The van der Waals surface area contributed by atoms with Crippen LogP contribution in [0.1, 0.15) is 49.4 Å². The highest BCUT2D eigenvalue weighted by atomic mass is 16.5. The van der Waals surface area contributed by atoms with Gasteiger partial charge in [0.1, 0.15) is 5.75 Å². The maximum absolute atomic E-state index is 12.6. The number of benzene rings is 2. The molecule has 0 unspecified atom stereocenters. The van der Waals surface area contributed by atoms with Crippen molar-refractivity contribution in [2.75, 3.05) is 0 Å². The first-order valence-electron chi connectivity index (χ1n) is 8.63. The van der Waals surface area contributed by atoms with Crippen molar-refractivity contribution in [3.05, 3.63) is 65.2 Å². The summed E-state index contributed by atoms with van der Waals surface area (Å²) < 4.78 is 5.87. The Hall–Kier alpha value is -2.29. The second kappa shape index (κ2) is 8.53. The van der Waals surface area contributed by atoms with Gasteiger partial charge in [-0.05, 0) is 44.4 Å². The molecular weight excluding hydrogens is 298 g/mol. The summed E-state index contributed by atoms with van der Waals surface area (Å²) >= 11 is 0. The molecule has 0 saturated carbocycles. The van der Waals surface area contributed by atoms with Gasteiger partial charge in [0.05, 0.1) is 6.04 Å². The van der Waals surface area contributed by atoms with E-state index in [1.807, 2.05) is 38.1 Å². The van der Waals surface area contributed by atoms with Crippen molar-refractivity contribution in [1.29, 1.82) is 0 Å². The Balaban J connectivity index is 2.04. The summed E-state index contributed by atoms with van der Waals surface area (Å²) in [5.41, 5.74) is 3.51. The van der Waals surface area contributed by atoms with Gasteiger partial charge in [-0.3, -0.25) is 4.79 Å².